The van der Waals surface area contributed by atoms with E-state index in [9.17, 15) is 4.79 Å². The molecule has 114 valence electrons. The fraction of sp³-hybridized carbons (Fsp3) is 0.667. The molecule has 0 atom stereocenters. The zero-order chi connectivity index (χ0) is 15.0. The lowest BCUT2D eigenvalue weighted by Gasteiger charge is -2.31. The average molecular weight is 281 g/mol. The third-order valence-corrected chi connectivity index (χ3v) is 3.15. The predicted octanol–water partition coefficient (Wildman–Crippen LogP) is 1.59. The Labute approximate surface area is 121 Å². The van der Waals surface area contributed by atoms with Crippen LogP contribution in [0.1, 0.15) is 33.0 Å². The monoisotopic (exact) mass is 281 g/mol. The molecular weight excluding hydrogens is 254 g/mol. The summed E-state index contributed by atoms with van der Waals surface area (Å²) < 4.78 is 5.19. The first-order chi connectivity index (χ1) is 9.46. The predicted molar refractivity (Wildman–Crippen MR) is 80.1 cm³/mol. The van der Waals surface area contributed by atoms with Gasteiger partial charge in [0.1, 0.15) is 5.76 Å². The number of amides is 1. The van der Waals surface area contributed by atoms with E-state index in [0.29, 0.717) is 19.6 Å². The topological polar surface area (TPSA) is 71.5 Å². The van der Waals surface area contributed by atoms with E-state index in [-0.39, 0.29) is 11.3 Å². The van der Waals surface area contributed by atoms with E-state index >= 15 is 0 Å². The highest BCUT2D eigenvalue weighted by Gasteiger charge is 2.21. The third kappa shape index (κ3) is 6.21. The van der Waals surface area contributed by atoms with Crippen LogP contribution in [-0.2, 0) is 11.3 Å². The third-order valence-electron chi connectivity index (χ3n) is 3.15. The second-order valence-electron chi connectivity index (χ2n) is 5.94. The first-order valence-corrected chi connectivity index (χ1v) is 7.18. The Morgan fingerprint density at radius 3 is 2.80 bits per heavy atom. The number of furan rings is 1. The quantitative estimate of drug-likeness (QED) is 0.721. The molecule has 0 unspecified atom stereocenters. The zero-order valence-electron chi connectivity index (χ0n) is 12.8. The molecule has 1 amide bonds. The number of hydrogen-bond acceptors (Lipinski definition) is 4. The number of hydrogen-bond donors (Lipinski definition) is 2. The van der Waals surface area contributed by atoms with Gasteiger partial charge in [0.15, 0.2) is 0 Å². The van der Waals surface area contributed by atoms with Gasteiger partial charge in [0, 0.05) is 6.54 Å². The molecule has 0 aliphatic rings. The van der Waals surface area contributed by atoms with Crippen molar-refractivity contribution in [2.75, 3.05) is 26.2 Å². The lowest BCUT2D eigenvalue weighted by atomic mass is 9.93. The Morgan fingerprint density at radius 1 is 1.50 bits per heavy atom. The SMILES string of the molecule is CCCN(CC(=O)NCc1ccco1)CC(C)(C)CN. The van der Waals surface area contributed by atoms with Gasteiger partial charge >= 0.3 is 0 Å². The molecule has 0 aromatic carbocycles. The van der Waals surface area contributed by atoms with Crippen LogP contribution in [-0.4, -0.2) is 37.0 Å². The van der Waals surface area contributed by atoms with Crippen molar-refractivity contribution in [2.24, 2.45) is 11.1 Å². The van der Waals surface area contributed by atoms with E-state index in [1.807, 2.05) is 12.1 Å². The van der Waals surface area contributed by atoms with Gasteiger partial charge in [0.2, 0.25) is 5.91 Å². The summed E-state index contributed by atoms with van der Waals surface area (Å²) in [5.41, 5.74) is 5.79. The summed E-state index contributed by atoms with van der Waals surface area (Å²) >= 11 is 0. The van der Waals surface area contributed by atoms with Crippen molar-refractivity contribution < 1.29 is 9.21 Å². The molecule has 0 aliphatic carbocycles. The van der Waals surface area contributed by atoms with Crippen LogP contribution in [0.2, 0.25) is 0 Å². The first-order valence-electron chi connectivity index (χ1n) is 7.18. The molecule has 0 bridgehead atoms. The standard InChI is InChI=1S/C15H27N3O2/c1-4-7-18(12-15(2,3)11-16)10-14(19)17-9-13-6-5-8-20-13/h5-6,8H,4,7,9-12,16H2,1-3H3,(H,17,19). The molecule has 3 N–H and O–H groups in total. The molecule has 0 saturated carbocycles. The van der Waals surface area contributed by atoms with Crippen LogP contribution in [0.25, 0.3) is 0 Å². The van der Waals surface area contributed by atoms with Crippen molar-refractivity contribution in [3.8, 4) is 0 Å². The normalized spacial score (nSPS) is 11.8. The van der Waals surface area contributed by atoms with E-state index in [4.69, 9.17) is 10.2 Å². The fourth-order valence-electron chi connectivity index (χ4n) is 2.06. The Balaban J connectivity index is 2.41. The van der Waals surface area contributed by atoms with Gasteiger partial charge in [-0.2, -0.15) is 0 Å². The van der Waals surface area contributed by atoms with Crippen molar-refractivity contribution in [1.82, 2.24) is 10.2 Å². The van der Waals surface area contributed by atoms with E-state index in [0.717, 1.165) is 25.3 Å². The molecule has 1 aromatic rings. The highest BCUT2D eigenvalue weighted by molar-refractivity contribution is 5.77. The molecule has 1 rings (SSSR count). The summed E-state index contributed by atoms with van der Waals surface area (Å²) in [6.07, 6.45) is 2.63. The highest BCUT2D eigenvalue weighted by Crippen LogP contribution is 2.14. The molecule has 0 fully saturated rings. The summed E-state index contributed by atoms with van der Waals surface area (Å²) in [7, 11) is 0. The Hall–Kier alpha value is -1.33. The summed E-state index contributed by atoms with van der Waals surface area (Å²) in [6, 6.07) is 3.66. The molecule has 1 aromatic heterocycles. The van der Waals surface area contributed by atoms with E-state index in [1.54, 1.807) is 6.26 Å². The number of carbonyl (C=O) groups excluding carboxylic acids is 1. The number of nitrogens with two attached hydrogens (primary N) is 1. The molecule has 0 saturated heterocycles. The van der Waals surface area contributed by atoms with Crippen LogP contribution >= 0.6 is 0 Å². The van der Waals surface area contributed by atoms with Crippen LogP contribution < -0.4 is 11.1 Å². The van der Waals surface area contributed by atoms with Crippen LogP contribution in [0.5, 0.6) is 0 Å². The summed E-state index contributed by atoms with van der Waals surface area (Å²) in [5.74, 6) is 0.783. The molecule has 0 aliphatic heterocycles. The number of rotatable bonds is 9. The van der Waals surface area contributed by atoms with Crippen molar-refractivity contribution in [3.05, 3.63) is 24.2 Å². The molecular formula is C15H27N3O2. The zero-order valence-corrected chi connectivity index (χ0v) is 12.8. The Bertz CT molecular complexity index is 388. The average Bonchev–Trinajstić information content (AvgIpc) is 2.89. The number of nitrogens with one attached hydrogen (secondary N) is 1. The van der Waals surface area contributed by atoms with Crippen LogP contribution in [0.15, 0.2) is 22.8 Å². The second kappa shape index (κ2) is 8.07. The van der Waals surface area contributed by atoms with Crippen molar-refractivity contribution >= 4 is 5.91 Å². The maximum atomic E-state index is 12.0. The van der Waals surface area contributed by atoms with Crippen molar-refractivity contribution in [3.63, 3.8) is 0 Å². The van der Waals surface area contributed by atoms with Crippen LogP contribution in [0.3, 0.4) is 0 Å². The van der Waals surface area contributed by atoms with Gasteiger partial charge in [0.05, 0.1) is 19.4 Å². The summed E-state index contributed by atoms with van der Waals surface area (Å²) in [4.78, 5) is 14.1. The Morgan fingerprint density at radius 2 is 2.25 bits per heavy atom. The second-order valence-corrected chi connectivity index (χ2v) is 5.94. The van der Waals surface area contributed by atoms with Crippen LogP contribution in [0.4, 0.5) is 0 Å². The summed E-state index contributed by atoms with van der Waals surface area (Å²) in [5, 5.41) is 2.87. The van der Waals surface area contributed by atoms with Gasteiger partial charge in [-0.05, 0) is 37.1 Å². The van der Waals surface area contributed by atoms with Crippen molar-refractivity contribution in [2.45, 2.75) is 33.7 Å². The van der Waals surface area contributed by atoms with E-state index in [1.165, 1.54) is 0 Å². The van der Waals surface area contributed by atoms with Gasteiger partial charge in [0.25, 0.3) is 0 Å². The van der Waals surface area contributed by atoms with Gasteiger partial charge in [-0.25, -0.2) is 0 Å². The molecule has 0 spiro atoms. The smallest absolute Gasteiger partial charge is 0.234 e. The molecule has 5 heteroatoms. The fourth-order valence-corrected chi connectivity index (χ4v) is 2.06. The lowest BCUT2D eigenvalue weighted by molar-refractivity contribution is -0.122. The van der Waals surface area contributed by atoms with Gasteiger partial charge < -0.3 is 15.5 Å². The summed E-state index contributed by atoms with van der Waals surface area (Å²) in [6.45, 7) is 9.53. The van der Waals surface area contributed by atoms with Gasteiger partial charge in [-0.1, -0.05) is 20.8 Å². The largest absolute Gasteiger partial charge is 0.467 e. The van der Waals surface area contributed by atoms with Gasteiger partial charge in [-0.15, -0.1) is 0 Å². The minimum absolute atomic E-state index is 0.0164. The minimum Gasteiger partial charge on any atom is -0.467 e. The van der Waals surface area contributed by atoms with E-state index in [2.05, 4.69) is 31.0 Å². The lowest BCUT2D eigenvalue weighted by Crippen LogP contribution is -2.44. The maximum absolute atomic E-state index is 12.0. The van der Waals surface area contributed by atoms with Gasteiger partial charge in [-0.3, -0.25) is 9.69 Å². The molecule has 1 heterocycles. The molecule has 20 heavy (non-hydrogen) atoms. The van der Waals surface area contributed by atoms with E-state index < -0.39 is 0 Å². The van der Waals surface area contributed by atoms with Crippen molar-refractivity contribution in [1.29, 1.82) is 0 Å². The Kier molecular flexibility index (Phi) is 6.75. The number of nitrogens with zero attached hydrogens (tertiary/aromatic N) is 1. The van der Waals surface area contributed by atoms with Crippen LogP contribution in [0, 0.1) is 5.41 Å². The molecule has 5 nitrogen and oxygen atoms in total. The molecule has 0 radical (unpaired) electrons. The maximum Gasteiger partial charge on any atom is 0.234 e. The highest BCUT2D eigenvalue weighted by atomic mass is 16.3. The first kappa shape index (κ1) is 16.7. The number of carbonyl (C=O) groups is 1. The minimum atomic E-state index is 0.0164.